The van der Waals surface area contributed by atoms with Crippen LogP contribution in [0.25, 0.3) is 5.69 Å². The maximum absolute atomic E-state index is 11.9. The number of nitrogens with one attached hydrogen (secondary N) is 2. The lowest BCUT2D eigenvalue weighted by molar-refractivity contribution is 0.129. The number of nitrogens with zero attached hydrogens (tertiary/aromatic N) is 4. The summed E-state index contributed by atoms with van der Waals surface area (Å²) in [6.07, 6.45) is 1.24. The molecule has 0 bridgehead atoms. The van der Waals surface area contributed by atoms with E-state index in [1.807, 2.05) is 56.6 Å². The molecule has 0 radical (unpaired) electrons. The van der Waals surface area contributed by atoms with Crippen LogP contribution in [0.4, 0.5) is 16.6 Å². The first-order valence-corrected chi connectivity index (χ1v) is 11.3. The number of ether oxygens (including phenoxy) is 1. The number of rotatable bonds is 5. The number of H-pyrrole nitrogens is 1. The fourth-order valence-corrected chi connectivity index (χ4v) is 4.35. The van der Waals surface area contributed by atoms with Crippen molar-refractivity contribution < 1.29 is 9.53 Å². The van der Waals surface area contributed by atoms with E-state index in [2.05, 4.69) is 31.3 Å². The monoisotopic (exact) mass is 456 g/mol. The normalized spacial score (nSPS) is 14.8. The molecule has 2 N–H and O–H groups in total. The highest BCUT2D eigenvalue weighted by Crippen LogP contribution is 2.33. The number of carbonyl (C=O) groups excluding carboxylic acids is 1. The number of imidazole rings is 1. The zero-order valence-electron chi connectivity index (χ0n) is 18.9. The molecule has 9 heteroatoms. The van der Waals surface area contributed by atoms with Crippen LogP contribution in [-0.2, 0) is 4.74 Å². The molecule has 0 aliphatic carbocycles. The van der Waals surface area contributed by atoms with Crippen LogP contribution in [0.2, 0.25) is 5.02 Å². The van der Waals surface area contributed by atoms with Crippen molar-refractivity contribution in [2.75, 3.05) is 23.3 Å². The Morgan fingerprint density at radius 1 is 1.25 bits per heavy atom. The first-order valence-electron chi connectivity index (χ1n) is 10.9. The molecule has 8 nitrogen and oxygen atoms in total. The zero-order chi connectivity index (χ0) is 22.8. The summed E-state index contributed by atoms with van der Waals surface area (Å²) in [6, 6.07) is 9.86. The molecule has 3 aromatic rings. The van der Waals surface area contributed by atoms with Gasteiger partial charge in [-0.05, 0) is 58.7 Å². The van der Waals surface area contributed by atoms with Crippen molar-refractivity contribution in [1.82, 2.24) is 19.7 Å². The molecule has 0 spiro atoms. The number of aryl methyl sites for hydroxylation is 2. The highest BCUT2D eigenvalue weighted by molar-refractivity contribution is 6.30. The van der Waals surface area contributed by atoms with Crippen LogP contribution >= 0.6 is 11.6 Å². The molecule has 4 rings (SSSR count). The molecule has 1 aromatic carbocycles. The highest BCUT2D eigenvalue weighted by atomic mass is 35.5. The van der Waals surface area contributed by atoms with E-state index in [-0.39, 0.29) is 6.10 Å². The van der Waals surface area contributed by atoms with E-state index in [0.717, 1.165) is 54.5 Å². The van der Waals surface area contributed by atoms with Crippen LogP contribution in [0.5, 0.6) is 0 Å². The summed E-state index contributed by atoms with van der Waals surface area (Å²) in [5.74, 6) is 1.82. The number of halogens is 1. The van der Waals surface area contributed by atoms with E-state index in [4.69, 9.17) is 16.3 Å². The lowest BCUT2D eigenvalue weighted by Gasteiger charge is -2.33. The number of hydrogen-bond donors (Lipinski definition) is 2. The fraction of sp³-hybridized carbons (Fsp3) is 0.435. The molecule has 0 unspecified atom stereocenters. The van der Waals surface area contributed by atoms with Crippen molar-refractivity contribution in [3.05, 3.63) is 52.4 Å². The number of anilines is 2. The van der Waals surface area contributed by atoms with Gasteiger partial charge in [-0.1, -0.05) is 17.7 Å². The third-order valence-corrected chi connectivity index (χ3v) is 5.79. The second-order valence-electron chi connectivity index (χ2n) is 8.47. The quantitative estimate of drug-likeness (QED) is 0.550. The Kier molecular flexibility index (Phi) is 6.41. The van der Waals surface area contributed by atoms with Gasteiger partial charge in [-0.2, -0.15) is 5.10 Å². The minimum Gasteiger partial charge on any atom is -0.447 e. The number of hydrogen-bond acceptors (Lipinski definition) is 5. The Balaban J connectivity index is 1.45. The van der Waals surface area contributed by atoms with Crippen molar-refractivity contribution >= 4 is 29.5 Å². The zero-order valence-corrected chi connectivity index (χ0v) is 19.6. The summed E-state index contributed by atoms with van der Waals surface area (Å²) in [6.45, 7) is 9.40. The average Bonchev–Trinajstić information content (AvgIpc) is 3.30. The Morgan fingerprint density at radius 2 is 2.00 bits per heavy atom. The second kappa shape index (κ2) is 9.24. The Bertz CT molecular complexity index is 1100. The van der Waals surface area contributed by atoms with Gasteiger partial charge in [-0.3, -0.25) is 5.32 Å². The molecular weight excluding hydrogens is 428 g/mol. The average molecular weight is 457 g/mol. The number of amides is 1. The van der Waals surface area contributed by atoms with E-state index >= 15 is 0 Å². The van der Waals surface area contributed by atoms with E-state index in [1.165, 1.54) is 0 Å². The van der Waals surface area contributed by atoms with Gasteiger partial charge in [0.05, 0.1) is 23.2 Å². The van der Waals surface area contributed by atoms with Gasteiger partial charge >= 0.3 is 6.09 Å². The molecule has 0 atom stereocenters. The first-order chi connectivity index (χ1) is 15.3. The lowest BCUT2D eigenvalue weighted by atomic mass is 9.92. The predicted molar refractivity (Wildman–Crippen MR) is 126 cm³/mol. The molecule has 32 heavy (non-hydrogen) atoms. The Morgan fingerprint density at radius 3 is 2.69 bits per heavy atom. The van der Waals surface area contributed by atoms with Crippen molar-refractivity contribution in [3.8, 4) is 5.69 Å². The summed E-state index contributed by atoms with van der Waals surface area (Å²) in [5, 5.41) is 8.06. The number of piperidine rings is 1. The molecule has 2 aromatic heterocycles. The minimum atomic E-state index is -0.500. The van der Waals surface area contributed by atoms with Crippen LogP contribution in [0, 0.1) is 13.8 Å². The lowest BCUT2D eigenvalue weighted by Crippen LogP contribution is -2.34. The summed E-state index contributed by atoms with van der Waals surface area (Å²) >= 11 is 6.20. The molecule has 1 amide bonds. The number of aromatic nitrogens is 4. The smallest absolute Gasteiger partial charge is 0.414 e. The molecule has 1 fully saturated rings. The summed E-state index contributed by atoms with van der Waals surface area (Å²) in [7, 11) is 0. The highest BCUT2D eigenvalue weighted by Gasteiger charge is 2.27. The van der Waals surface area contributed by atoms with Gasteiger partial charge < -0.3 is 14.6 Å². The third kappa shape index (κ3) is 4.91. The first kappa shape index (κ1) is 22.2. The van der Waals surface area contributed by atoms with Gasteiger partial charge in [-0.25, -0.2) is 14.5 Å². The van der Waals surface area contributed by atoms with Crippen LogP contribution in [-0.4, -0.2) is 45.0 Å². The topological polar surface area (TPSA) is 88.1 Å². The fourth-order valence-electron chi connectivity index (χ4n) is 4.16. The van der Waals surface area contributed by atoms with Crippen LogP contribution in [0.15, 0.2) is 30.3 Å². The predicted octanol–water partition coefficient (Wildman–Crippen LogP) is 5.21. The van der Waals surface area contributed by atoms with Crippen LogP contribution < -0.4 is 10.2 Å². The molecule has 1 aliphatic rings. The van der Waals surface area contributed by atoms with Gasteiger partial charge in [0.25, 0.3) is 0 Å². The largest absolute Gasteiger partial charge is 0.447 e. The number of carbonyl (C=O) groups is 1. The second-order valence-corrected chi connectivity index (χ2v) is 8.91. The maximum Gasteiger partial charge on any atom is 0.414 e. The van der Waals surface area contributed by atoms with Crippen molar-refractivity contribution in [2.45, 2.75) is 52.6 Å². The summed E-state index contributed by atoms with van der Waals surface area (Å²) in [4.78, 5) is 22.0. The third-order valence-electron chi connectivity index (χ3n) is 5.56. The Labute approximate surface area is 192 Å². The molecule has 170 valence electrons. The van der Waals surface area contributed by atoms with E-state index in [9.17, 15) is 4.79 Å². The Hall–Kier alpha value is -3.00. The molecule has 1 saturated heterocycles. The minimum absolute atomic E-state index is 0.182. The maximum atomic E-state index is 11.9. The number of benzene rings is 1. The molecule has 1 aliphatic heterocycles. The molecular formula is C23H29ClN6O2. The van der Waals surface area contributed by atoms with Crippen LogP contribution in [0.1, 0.15) is 49.7 Å². The van der Waals surface area contributed by atoms with Gasteiger partial charge in [0.15, 0.2) is 0 Å². The number of aromatic amines is 1. The van der Waals surface area contributed by atoms with Crippen molar-refractivity contribution in [3.63, 3.8) is 0 Å². The SMILES string of the molecule is Cc1cc(N2CCC(c3nc(NC(=O)OC(C)C)[nH]c3C)CC2)n(-c2cccc(Cl)c2)n1. The standard InChI is InChI=1S/C23H29ClN6O2/c1-14(2)32-23(31)27-22-25-16(4)21(26-22)17-8-10-29(11-9-17)20-12-15(3)28-30(20)19-7-5-6-18(24)13-19/h5-7,12-14,17H,8-11H2,1-4H3,(H2,25,26,27,31). The summed E-state index contributed by atoms with van der Waals surface area (Å²) < 4.78 is 7.10. The van der Waals surface area contributed by atoms with Crippen LogP contribution in [0.3, 0.4) is 0 Å². The molecule has 3 heterocycles. The van der Waals surface area contributed by atoms with Gasteiger partial charge in [-0.15, -0.1) is 0 Å². The van der Waals surface area contributed by atoms with Gasteiger partial charge in [0.1, 0.15) is 5.82 Å². The molecule has 0 saturated carbocycles. The summed E-state index contributed by atoms with van der Waals surface area (Å²) in [5.41, 5.74) is 3.90. The van der Waals surface area contributed by atoms with Gasteiger partial charge in [0.2, 0.25) is 5.95 Å². The van der Waals surface area contributed by atoms with Crippen molar-refractivity contribution in [1.29, 1.82) is 0 Å². The van der Waals surface area contributed by atoms with Gasteiger partial charge in [0, 0.05) is 35.8 Å². The van der Waals surface area contributed by atoms with Crippen molar-refractivity contribution in [2.24, 2.45) is 0 Å². The van der Waals surface area contributed by atoms with E-state index < -0.39 is 6.09 Å². The van der Waals surface area contributed by atoms with E-state index in [1.54, 1.807) is 0 Å². The van der Waals surface area contributed by atoms with E-state index in [0.29, 0.717) is 16.9 Å².